The maximum atomic E-state index is 13.1. The zero-order chi connectivity index (χ0) is 23.4. The number of Topliss-reactive ketones (excluding diaryl/α,β-unsaturated/α-hetero) is 1. The maximum Gasteiger partial charge on any atom is 0.295 e. The molecule has 0 bridgehead atoms. The Hall–Kier alpha value is -2.68. The van der Waals surface area contributed by atoms with E-state index in [1.54, 1.807) is 48.4 Å². The molecule has 8 heteroatoms. The molecule has 2 aromatic carbocycles. The average molecular weight is 515 g/mol. The number of hydrogen-bond donors (Lipinski definition) is 1. The fourth-order valence-electron chi connectivity index (χ4n) is 4.30. The summed E-state index contributed by atoms with van der Waals surface area (Å²) >= 11 is 3.38. The Morgan fingerprint density at radius 2 is 1.73 bits per heavy atom. The van der Waals surface area contributed by atoms with Crippen molar-refractivity contribution in [1.29, 1.82) is 0 Å². The van der Waals surface area contributed by atoms with Crippen molar-refractivity contribution in [1.82, 2.24) is 9.80 Å². The lowest BCUT2D eigenvalue weighted by molar-refractivity contribution is -0.140. The fraction of sp³-hybridized carbons (Fsp3) is 0.360. The number of likely N-dealkylation sites (tertiary alicyclic amines) is 1. The van der Waals surface area contributed by atoms with Gasteiger partial charge in [0.1, 0.15) is 11.5 Å². The molecule has 0 aromatic heterocycles. The lowest BCUT2D eigenvalue weighted by Crippen LogP contribution is -2.38. The van der Waals surface area contributed by atoms with Crippen LogP contribution in [0.5, 0.6) is 5.75 Å². The Kier molecular flexibility index (Phi) is 7.47. The third-order valence-corrected chi connectivity index (χ3v) is 6.59. The molecule has 7 nitrogen and oxygen atoms in total. The van der Waals surface area contributed by atoms with Gasteiger partial charge in [-0.2, -0.15) is 0 Å². The number of halogens is 1. The molecule has 174 valence electrons. The van der Waals surface area contributed by atoms with Gasteiger partial charge in [0.15, 0.2) is 0 Å². The van der Waals surface area contributed by atoms with Crippen LogP contribution in [-0.4, -0.2) is 73.1 Å². The van der Waals surface area contributed by atoms with E-state index in [9.17, 15) is 14.7 Å². The number of rotatable bonds is 7. The van der Waals surface area contributed by atoms with E-state index in [1.165, 1.54) is 0 Å². The Balaban J connectivity index is 1.66. The molecule has 1 amide bonds. The third-order valence-electron chi connectivity index (χ3n) is 6.07. The summed E-state index contributed by atoms with van der Waals surface area (Å²) in [6.45, 7) is 4.38. The number of carbonyl (C=O) groups excluding carboxylic acids is 2. The largest absolute Gasteiger partial charge is 0.507 e. The molecule has 0 aliphatic carbocycles. The highest BCUT2D eigenvalue weighted by atomic mass is 79.9. The quantitative estimate of drug-likeness (QED) is 0.345. The van der Waals surface area contributed by atoms with Crippen molar-refractivity contribution in [3.63, 3.8) is 0 Å². The number of ketones is 1. The second-order valence-corrected chi connectivity index (χ2v) is 9.00. The van der Waals surface area contributed by atoms with Crippen LogP contribution >= 0.6 is 15.9 Å². The molecule has 1 N–H and O–H groups in total. The van der Waals surface area contributed by atoms with Gasteiger partial charge in [-0.05, 0) is 36.2 Å². The summed E-state index contributed by atoms with van der Waals surface area (Å²) in [7, 11) is 1.58. The van der Waals surface area contributed by atoms with Gasteiger partial charge < -0.3 is 19.5 Å². The van der Waals surface area contributed by atoms with Crippen LogP contribution in [0.15, 0.2) is 58.6 Å². The minimum atomic E-state index is -0.664. The van der Waals surface area contributed by atoms with Crippen LogP contribution in [0.2, 0.25) is 0 Å². The van der Waals surface area contributed by atoms with Gasteiger partial charge in [-0.3, -0.25) is 14.5 Å². The predicted octanol–water partition coefficient (Wildman–Crippen LogP) is 3.60. The Morgan fingerprint density at radius 3 is 2.36 bits per heavy atom. The van der Waals surface area contributed by atoms with Crippen molar-refractivity contribution in [2.75, 3.05) is 46.5 Å². The van der Waals surface area contributed by atoms with E-state index in [-0.39, 0.29) is 11.3 Å². The average Bonchev–Trinajstić information content (AvgIpc) is 3.10. The summed E-state index contributed by atoms with van der Waals surface area (Å²) in [5, 5.41) is 11.1. The zero-order valence-electron chi connectivity index (χ0n) is 18.5. The molecule has 0 radical (unpaired) electrons. The summed E-state index contributed by atoms with van der Waals surface area (Å²) < 4.78 is 11.5. The molecule has 2 aliphatic heterocycles. The predicted molar refractivity (Wildman–Crippen MR) is 128 cm³/mol. The lowest BCUT2D eigenvalue weighted by Gasteiger charge is -2.29. The Bertz CT molecular complexity index is 1030. The van der Waals surface area contributed by atoms with Crippen LogP contribution in [0.4, 0.5) is 0 Å². The molecule has 0 spiro atoms. The van der Waals surface area contributed by atoms with Gasteiger partial charge in [-0.15, -0.1) is 0 Å². The van der Waals surface area contributed by atoms with Gasteiger partial charge in [-0.25, -0.2) is 0 Å². The first-order valence-electron chi connectivity index (χ1n) is 11.0. The number of methoxy groups -OCH3 is 1. The summed E-state index contributed by atoms with van der Waals surface area (Å²) in [6, 6.07) is 13.6. The smallest absolute Gasteiger partial charge is 0.295 e. The van der Waals surface area contributed by atoms with Crippen LogP contribution in [0.3, 0.4) is 0 Å². The van der Waals surface area contributed by atoms with Crippen LogP contribution in [-0.2, 0) is 14.3 Å². The second-order valence-electron chi connectivity index (χ2n) is 8.08. The first-order valence-corrected chi connectivity index (χ1v) is 11.8. The molecular weight excluding hydrogens is 488 g/mol. The third kappa shape index (κ3) is 5.13. The van der Waals surface area contributed by atoms with E-state index in [2.05, 4.69) is 20.8 Å². The molecule has 0 saturated carbocycles. The summed E-state index contributed by atoms with van der Waals surface area (Å²) in [5.74, 6) is -0.743. The number of aliphatic hydroxyl groups excluding tert-OH is 1. The Labute approximate surface area is 201 Å². The van der Waals surface area contributed by atoms with Crippen LogP contribution < -0.4 is 4.74 Å². The minimum Gasteiger partial charge on any atom is -0.507 e. The van der Waals surface area contributed by atoms with Gasteiger partial charge in [-0.1, -0.05) is 40.2 Å². The molecule has 2 saturated heterocycles. The topological polar surface area (TPSA) is 79.3 Å². The van der Waals surface area contributed by atoms with Crippen molar-refractivity contribution in [3.05, 3.63) is 69.7 Å². The number of amides is 1. The number of ether oxygens (including phenoxy) is 2. The van der Waals surface area contributed by atoms with Crippen molar-refractivity contribution >= 4 is 33.4 Å². The molecule has 2 aromatic rings. The van der Waals surface area contributed by atoms with Gasteiger partial charge in [0, 0.05) is 36.2 Å². The van der Waals surface area contributed by atoms with Gasteiger partial charge in [0.05, 0.1) is 31.9 Å². The van der Waals surface area contributed by atoms with E-state index >= 15 is 0 Å². The molecule has 4 rings (SSSR count). The van der Waals surface area contributed by atoms with E-state index < -0.39 is 17.7 Å². The highest BCUT2D eigenvalue weighted by molar-refractivity contribution is 9.10. The van der Waals surface area contributed by atoms with Crippen LogP contribution in [0.25, 0.3) is 5.76 Å². The fourth-order valence-corrected chi connectivity index (χ4v) is 4.56. The van der Waals surface area contributed by atoms with Crippen molar-refractivity contribution in [3.8, 4) is 5.75 Å². The number of morpholine rings is 1. The first kappa shape index (κ1) is 23.5. The molecule has 1 atom stereocenters. The summed E-state index contributed by atoms with van der Waals surface area (Å²) in [6.07, 6.45) is 0.720. The molecule has 0 unspecified atom stereocenters. The summed E-state index contributed by atoms with van der Waals surface area (Å²) in [4.78, 5) is 30.0. The number of aliphatic hydroxyl groups is 1. The molecule has 33 heavy (non-hydrogen) atoms. The second kappa shape index (κ2) is 10.5. The molecule has 2 aliphatic rings. The highest BCUT2D eigenvalue weighted by Gasteiger charge is 2.45. The summed E-state index contributed by atoms with van der Waals surface area (Å²) in [5.41, 5.74) is 1.35. The highest BCUT2D eigenvalue weighted by Crippen LogP contribution is 2.40. The van der Waals surface area contributed by atoms with Gasteiger partial charge in [0.2, 0.25) is 0 Å². The van der Waals surface area contributed by atoms with Crippen molar-refractivity contribution in [2.24, 2.45) is 0 Å². The number of benzene rings is 2. The number of carbonyl (C=O) groups is 2. The molecule has 2 heterocycles. The lowest BCUT2D eigenvalue weighted by atomic mass is 9.95. The maximum absolute atomic E-state index is 13.1. The number of nitrogens with zero attached hydrogens (tertiary/aromatic N) is 2. The van der Waals surface area contributed by atoms with Gasteiger partial charge in [0.25, 0.3) is 11.7 Å². The van der Waals surface area contributed by atoms with E-state index in [0.29, 0.717) is 31.1 Å². The normalized spacial score (nSPS) is 20.9. The SMILES string of the molecule is COc1ccc([C@H]2/C(=C(\O)c3ccc(Br)cc3)C(=O)C(=O)N2CCCN2CCOCC2)cc1. The monoisotopic (exact) mass is 514 g/mol. The molecule has 2 fully saturated rings. The van der Waals surface area contributed by atoms with Crippen LogP contribution in [0, 0.1) is 0 Å². The number of hydrogen-bond acceptors (Lipinski definition) is 6. The van der Waals surface area contributed by atoms with Crippen molar-refractivity contribution < 1.29 is 24.2 Å². The van der Waals surface area contributed by atoms with E-state index in [4.69, 9.17) is 9.47 Å². The standard InChI is InChI=1S/C25H27BrN2O5/c1-32-20-9-5-17(6-10-20)22-21(23(29)18-3-7-19(26)8-4-18)24(30)25(31)28(22)12-2-11-27-13-15-33-16-14-27/h3-10,22,29H,2,11-16H2,1H3/b23-21+/t22-/m0/s1. The first-order chi connectivity index (χ1) is 16.0. The molecular formula is C25H27BrN2O5. The zero-order valence-corrected chi connectivity index (χ0v) is 20.1. The Morgan fingerprint density at radius 1 is 1.06 bits per heavy atom. The van der Waals surface area contributed by atoms with Gasteiger partial charge >= 0.3 is 0 Å². The van der Waals surface area contributed by atoms with E-state index in [1.807, 2.05) is 12.1 Å². The van der Waals surface area contributed by atoms with Crippen LogP contribution in [0.1, 0.15) is 23.6 Å². The van der Waals surface area contributed by atoms with Crippen molar-refractivity contribution in [2.45, 2.75) is 12.5 Å². The minimum absolute atomic E-state index is 0.110. The van der Waals surface area contributed by atoms with E-state index in [0.717, 1.165) is 36.1 Å².